The number of carbonyl (C=O) groups excluding carboxylic acids is 1. The predicted molar refractivity (Wildman–Crippen MR) is 81.5 cm³/mol. The molecule has 122 valence electrons. The van der Waals surface area contributed by atoms with E-state index in [2.05, 4.69) is 10.6 Å². The molecule has 1 saturated heterocycles. The largest absolute Gasteiger partial charge is 0.491 e. The number of sulfone groups is 1. The van der Waals surface area contributed by atoms with Crippen molar-refractivity contribution in [3.8, 4) is 5.75 Å². The number of para-hydroxylation sites is 1. The summed E-state index contributed by atoms with van der Waals surface area (Å²) < 4.78 is 27.9. The van der Waals surface area contributed by atoms with Crippen LogP contribution in [0.4, 0.5) is 4.79 Å². The second kappa shape index (κ2) is 7.46. The van der Waals surface area contributed by atoms with Crippen LogP contribution < -0.4 is 15.4 Å². The lowest BCUT2D eigenvalue weighted by molar-refractivity contribution is 0.107. The van der Waals surface area contributed by atoms with Gasteiger partial charge in [-0.3, -0.25) is 0 Å². The molecule has 1 aromatic carbocycles. The number of hydrogen-bond donors (Lipinski definition) is 3. The van der Waals surface area contributed by atoms with Crippen molar-refractivity contribution in [2.24, 2.45) is 0 Å². The van der Waals surface area contributed by atoms with E-state index in [0.29, 0.717) is 12.2 Å². The molecule has 22 heavy (non-hydrogen) atoms. The lowest BCUT2D eigenvalue weighted by Gasteiger charge is -2.15. The number of carbonyl (C=O) groups is 1. The van der Waals surface area contributed by atoms with Crippen molar-refractivity contribution in [3.05, 3.63) is 30.3 Å². The summed E-state index contributed by atoms with van der Waals surface area (Å²) in [5.74, 6) is 0.716. The Bertz CT molecular complexity index is 591. The molecule has 0 aromatic heterocycles. The van der Waals surface area contributed by atoms with Gasteiger partial charge in [0.25, 0.3) is 0 Å². The summed E-state index contributed by atoms with van der Waals surface area (Å²) >= 11 is 0. The predicted octanol–water partition coefficient (Wildman–Crippen LogP) is -0.0874. The Morgan fingerprint density at radius 1 is 1.36 bits per heavy atom. The first kappa shape index (κ1) is 16.6. The zero-order valence-electron chi connectivity index (χ0n) is 12.1. The van der Waals surface area contributed by atoms with Crippen molar-refractivity contribution in [2.45, 2.75) is 18.6 Å². The van der Waals surface area contributed by atoms with Gasteiger partial charge >= 0.3 is 6.03 Å². The van der Waals surface area contributed by atoms with Gasteiger partial charge < -0.3 is 20.5 Å². The maximum absolute atomic E-state index is 11.6. The molecule has 3 N–H and O–H groups in total. The Morgan fingerprint density at radius 3 is 2.73 bits per heavy atom. The Morgan fingerprint density at radius 2 is 2.09 bits per heavy atom. The van der Waals surface area contributed by atoms with Crippen LogP contribution in [-0.2, 0) is 9.84 Å². The third kappa shape index (κ3) is 5.53. The zero-order chi connectivity index (χ0) is 16.0. The number of hydrogen-bond acceptors (Lipinski definition) is 5. The van der Waals surface area contributed by atoms with Crippen LogP contribution in [0.5, 0.6) is 5.75 Å². The van der Waals surface area contributed by atoms with Crippen molar-refractivity contribution in [1.82, 2.24) is 10.6 Å². The number of rotatable bonds is 6. The Labute approximate surface area is 129 Å². The monoisotopic (exact) mass is 328 g/mol. The standard InChI is InChI=1S/C14H20N2O5S/c17-12(9-21-13-4-2-1-3-5-13)8-15-14(18)16-11-6-7-22(19,20)10-11/h1-5,11-12,17H,6-10H2,(H2,15,16,18)/t11-,12+/m1/s1. The fraction of sp³-hybridized carbons (Fsp3) is 0.500. The van der Waals surface area contributed by atoms with Gasteiger partial charge in [-0.25, -0.2) is 13.2 Å². The zero-order valence-corrected chi connectivity index (χ0v) is 12.9. The topological polar surface area (TPSA) is 105 Å². The van der Waals surface area contributed by atoms with Crippen molar-refractivity contribution in [2.75, 3.05) is 24.7 Å². The summed E-state index contributed by atoms with van der Waals surface area (Å²) in [7, 11) is -3.02. The van der Waals surface area contributed by atoms with E-state index in [1.54, 1.807) is 12.1 Å². The molecule has 0 spiro atoms. The normalized spacial score (nSPS) is 21.0. The fourth-order valence-corrected chi connectivity index (χ4v) is 3.80. The van der Waals surface area contributed by atoms with Gasteiger partial charge in [-0.15, -0.1) is 0 Å². The van der Waals surface area contributed by atoms with E-state index in [4.69, 9.17) is 4.74 Å². The van der Waals surface area contributed by atoms with Gasteiger partial charge in [0.05, 0.1) is 11.5 Å². The molecule has 1 fully saturated rings. The quantitative estimate of drug-likeness (QED) is 0.677. The fourth-order valence-electron chi connectivity index (χ4n) is 2.12. The van der Waals surface area contributed by atoms with E-state index in [1.807, 2.05) is 18.2 Å². The molecule has 0 aliphatic carbocycles. The van der Waals surface area contributed by atoms with Gasteiger partial charge in [-0.05, 0) is 18.6 Å². The molecule has 2 rings (SSSR count). The van der Waals surface area contributed by atoms with Gasteiger partial charge in [0.2, 0.25) is 0 Å². The van der Waals surface area contributed by atoms with Crippen LogP contribution in [0.25, 0.3) is 0 Å². The van der Waals surface area contributed by atoms with E-state index in [1.165, 1.54) is 0 Å². The van der Waals surface area contributed by atoms with Crippen molar-refractivity contribution in [1.29, 1.82) is 0 Å². The number of ether oxygens (including phenoxy) is 1. The summed E-state index contributed by atoms with van der Waals surface area (Å²) in [6, 6.07) is 8.20. The summed E-state index contributed by atoms with van der Waals surface area (Å²) in [4.78, 5) is 11.6. The molecule has 0 radical (unpaired) electrons. The number of urea groups is 1. The molecule has 2 atom stereocenters. The van der Waals surface area contributed by atoms with Crippen molar-refractivity contribution in [3.63, 3.8) is 0 Å². The molecular formula is C14H20N2O5S. The highest BCUT2D eigenvalue weighted by molar-refractivity contribution is 7.91. The van der Waals surface area contributed by atoms with E-state index >= 15 is 0 Å². The molecule has 1 aliphatic rings. The molecule has 0 saturated carbocycles. The number of aliphatic hydroxyl groups excluding tert-OH is 1. The van der Waals surface area contributed by atoms with Crippen molar-refractivity contribution < 1.29 is 23.1 Å². The smallest absolute Gasteiger partial charge is 0.315 e. The first-order chi connectivity index (χ1) is 10.4. The van der Waals surface area contributed by atoms with Crippen LogP contribution in [0.15, 0.2) is 30.3 Å². The minimum atomic E-state index is -3.02. The molecule has 1 heterocycles. The minimum absolute atomic E-state index is 0.0259. The number of amides is 2. The second-order valence-corrected chi connectivity index (χ2v) is 7.46. The maximum Gasteiger partial charge on any atom is 0.315 e. The SMILES string of the molecule is O=C(NC[C@H](O)COc1ccccc1)N[C@@H]1CCS(=O)(=O)C1. The Hall–Kier alpha value is -1.80. The highest BCUT2D eigenvalue weighted by Gasteiger charge is 2.28. The third-order valence-corrected chi connectivity index (χ3v) is 5.02. The van der Waals surface area contributed by atoms with Gasteiger partial charge in [0, 0.05) is 12.6 Å². The van der Waals surface area contributed by atoms with Crippen LogP contribution >= 0.6 is 0 Å². The van der Waals surface area contributed by atoms with Gasteiger partial charge in [-0.1, -0.05) is 18.2 Å². The third-order valence-electron chi connectivity index (χ3n) is 3.25. The molecule has 0 bridgehead atoms. The van der Waals surface area contributed by atoms with Crippen LogP contribution in [0.3, 0.4) is 0 Å². The summed E-state index contributed by atoms with van der Waals surface area (Å²) in [6.07, 6.45) is -0.423. The van der Waals surface area contributed by atoms with Crippen LogP contribution in [0.1, 0.15) is 6.42 Å². The number of nitrogens with one attached hydrogen (secondary N) is 2. The summed E-state index contributed by atoms with van der Waals surface area (Å²) in [5, 5.41) is 14.8. The molecular weight excluding hydrogens is 308 g/mol. The highest BCUT2D eigenvalue weighted by atomic mass is 32.2. The van der Waals surface area contributed by atoms with Crippen LogP contribution in [-0.4, -0.2) is 56.4 Å². The Kier molecular flexibility index (Phi) is 5.62. The number of benzene rings is 1. The molecule has 1 aromatic rings. The van der Waals surface area contributed by atoms with Crippen molar-refractivity contribution >= 4 is 15.9 Å². The average Bonchev–Trinajstić information content (AvgIpc) is 2.83. The van der Waals surface area contributed by atoms with E-state index in [0.717, 1.165) is 0 Å². The first-order valence-electron chi connectivity index (χ1n) is 7.05. The summed E-state index contributed by atoms with van der Waals surface area (Å²) in [5.41, 5.74) is 0. The number of aliphatic hydroxyl groups is 1. The van der Waals surface area contributed by atoms with E-state index in [-0.39, 0.29) is 30.7 Å². The lowest BCUT2D eigenvalue weighted by Crippen LogP contribution is -2.45. The molecule has 2 amide bonds. The highest BCUT2D eigenvalue weighted by Crippen LogP contribution is 2.11. The van der Waals surface area contributed by atoms with Gasteiger partial charge in [-0.2, -0.15) is 0 Å². The van der Waals surface area contributed by atoms with Gasteiger partial charge in [0.15, 0.2) is 9.84 Å². The molecule has 0 unspecified atom stereocenters. The van der Waals surface area contributed by atoms with Gasteiger partial charge in [0.1, 0.15) is 18.5 Å². The van der Waals surface area contributed by atoms with Crippen LogP contribution in [0, 0.1) is 0 Å². The lowest BCUT2D eigenvalue weighted by atomic mass is 10.3. The minimum Gasteiger partial charge on any atom is -0.491 e. The first-order valence-corrected chi connectivity index (χ1v) is 8.87. The Balaban J connectivity index is 1.63. The molecule has 1 aliphatic heterocycles. The van der Waals surface area contributed by atoms with E-state index in [9.17, 15) is 18.3 Å². The summed E-state index contributed by atoms with van der Waals surface area (Å²) in [6.45, 7) is 0.0836. The second-order valence-electron chi connectivity index (χ2n) is 5.23. The molecule has 7 nitrogen and oxygen atoms in total. The van der Waals surface area contributed by atoms with E-state index < -0.39 is 22.0 Å². The molecule has 8 heteroatoms. The maximum atomic E-state index is 11.6. The average molecular weight is 328 g/mol. The van der Waals surface area contributed by atoms with Crippen LogP contribution in [0.2, 0.25) is 0 Å².